The van der Waals surface area contributed by atoms with Gasteiger partial charge in [-0.3, -0.25) is 14.5 Å². The maximum absolute atomic E-state index is 13.8. The van der Waals surface area contributed by atoms with Crippen molar-refractivity contribution in [1.82, 2.24) is 10.6 Å². The SMILES string of the molecule is NC(=O)c1ccc(C(=O)N(c2ccc(NC(=O)NCCCCCO)cc2)c2ccc(NC(=O)NCCCCCO)cc2)cc1. The molecule has 12 heteroatoms. The average Bonchev–Trinajstić information content (AvgIpc) is 3.02. The van der Waals surface area contributed by atoms with Crippen molar-refractivity contribution >= 4 is 46.6 Å². The molecule has 0 saturated carbocycles. The first-order valence-corrected chi connectivity index (χ1v) is 14.6. The van der Waals surface area contributed by atoms with Gasteiger partial charge in [-0.15, -0.1) is 0 Å². The van der Waals surface area contributed by atoms with E-state index in [1.807, 2.05) is 0 Å². The molecule has 0 aliphatic rings. The number of anilines is 4. The highest BCUT2D eigenvalue weighted by Crippen LogP contribution is 2.30. The van der Waals surface area contributed by atoms with Gasteiger partial charge >= 0.3 is 12.1 Å². The smallest absolute Gasteiger partial charge is 0.319 e. The number of benzene rings is 3. The summed E-state index contributed by atoms with van der Waals surface area (Å²) >= 11 is 0. The van der Waals surface area contributed by atoms with Crippen LogP contribution in [0.5, 0.6) is 0 Å². The average molecular weight is 605 g/mol. The number of primary amides is 1. The lowest BCUT2D eigenvalue weighted by atomic mass is 10.1. The number of rotatable bonds is 16. The van der Waals surface area contributed by atoms with Gasteiger partial charge in [-0.1, -0.05) is 0 Å². The summed E-state index contributed by atoms with van der Waals surface area (Å²) < 4.78 is 0. The van der Waals surface area contributed by atoms with Crippen LogP contribution in [0.15, 0.2) is 72.8 Å². The van der Waals surface area contributed by atoms with Crippen molar-refractivity contribution < 1.29 is 29.4 Å². The largest absolute Gasteiger partial charge is 0.396 e. The molecule has 8 N–H and O–H groups in total. The molecular formula is C32H40N6O6. The molecule has 0 unspecified atom stereocenters. The van der Waals surface area contributed by atoms with E-state index in [0.29, 0.717) is 54.2 Å². The van der Waals surface area contributed by atoms with Crippen LogP contribution in [-0.2, 0) is 0 Å². The van der Waals surface area contributed by atoms with Gasteiger partial charge < -0.3 is 37.2 Å². The highest BCUT2D eigenvalue weighted by Gasteiger charge is 2.21. The van der Waals surface area contributed by atoms with Crippen LogP contribution in [0.1, 0.15) is 59.2 Å². The van der Waals surface area contributed by atoms with E-state index in [-0.39, 0.29) is 36.7 Å². The molecule has 6 amide bonds. The topological polar surface area (TPSA) is 186 Å². The first kappa shape index (κ1) is 33.6. The minimum absolute atomic E-state index is 0.127. The number of amides is 6. The summed E-state index contributed by atoms with van der Waals surface area (Å²) in [7, 11) is 0. The van der Waals surface area contributed by atoms with Gasteiger partial charge in [0.2, 0.25) is 5.91 Å². The number of urea groups is 2. The zero-order chi connectivity index (χ0) is 31.7. The molecule has 44 heavy (non-hydrogen) atoms. The van der Waals surface area contributed by atoms with E-state index in [2.05, 4.69) is 21.3 Å². The zero-order valence-corrected chi connectivity index (χ0v) is 24.6. The van der Waals surface area contributed by atoms with Crippen molar-refractivity contribution in [2.45, 2.75) is 38.5 Å². The molecule has 0 fully saturated rings. The Kier molecular flexibility index (Phi) is 13.6. The first-order chi connectivity index (χ1) is 21.3. The minimum atomic E-state index is -0.601. The lowest BCUT2D eigenvalue weighted by Gasteiger charge is -2.24. The highest BCUT2D eigenvalue weighted by molar-refractivity contribution is 6.11. The summed E-state index contributed by atoms with van der Waals surface area (Å²) in [6.07, 6.45) is 4.53. The molecule has 0 atom stereocenters. The van der Waals surface area contributed by atoms with Crippen LogP contribution < -0.4 is 31.9 Å². The Morgan fingerprint density at radius 1 is 0.568 bits per heavy atom. The van der Waals surface area contributed by atoms with Gasteiger partial charge in [-0.25, -0.2) is 9.59 Å². The van der Waals surface area contributed by atoms with Crippen molar-refractivity contribution in [1.29, 1.82) is 0 Å². The summed E-state index contributed by atoms with van der Waals surface area (Å²) in [5, 5.41) is 28.8. The number of hydrogen-bond acceptors (Lipinski definition) is 6. The lowest BCUT2D eigenvalue weighted by molar-refractivity contribution is 0.0988. The van der Waals surface area contributed by atoms with Crippen LogP contribution in [0.25, 0.3) is 0 Å². The number of nitrogens with zero attached hydrogens (tertiary/aromatic N) is 1. The molecule has 0 heterocycles. The number of nitrogens with one attached hydrogen (secondary N) is 4. The molecule has 0 bridgehead atoms. The molecule has 0 aliphatic heterocycles. The number of unbranched alkanes of at least 4 members (excludes halogenated alkanes) is 4. The van der Waals surface area contributed by atoms with Crippen LogP contribution >= 0.6 is 0 Å². The Labute approximate surface area is 256 Å². The van der Waals surface area contributed by atoms with Crippen molar-refractivity contribution in [2.24, 2.45) is 5.73 Å². The summed E-state index contributed by atoms with van der Waals surface area (Å²) in [4.78, 5) is 51.3. The molecule has 234 valence electrons. The Balaban J connectivity index is 1.75. The van der Waals surface area contributed by atoms with Crippen LogP contribution in [0, 0.1) is 0 Å². The fourth-order valence-electron chi connectivity index (χ4n) is 4.26. The van der Waals surface area contributed by atoms with E-state index in [1.54, 1.807) is 48.5 Å². The second-order valence-corrected chi connectivity index (χ2v) is 10.0. The standard InChI is InChI=1S/C32H40N6O6/c33-29(41)23-7-9-24(10-8-23)30(42)38(27-15-11-25(12-16-27)36-31(43)34-19-3-1-5-21-39)28-17-13-26(14-18-28)37-32(44)35-20-4-2-6-22-40/h7-18,39-40H,1-6,19-22H2,(H2,33,41)(H2,34,36,43)(H2,35,37,44). The van der Waals surface area contributed by atoms with Crippen molar-refractivity contribution in [3.63, 3.8) is 0 Å². The van der Waals surface area contributed by atoms with Crippen LogP contribution in [0.2, 0.25) is 0 Å². The van der Waals surface area contributed by atoms with E-state index in [1.165, 1.54) is 29.2 Å². The van der Waals surface area contributed by atoms with Crippen LogP contribution in [0.3, 0.4) is 0 Å². The van der Waals surface area contributed by atoms with Crippen molar-refractivity contribution in [3.8, 4) is 0 Å². The quantitative estimate of drug-likeness (QED) is 0.119. The first-order valence-electron chi connectivity index (χ1n) is 14.6. The third-order valence-electron chi connectivity index (χ3n) is 6.63. The Morgan fingerprint density at radius 3 is 1.36 bits per heavy atom. The fraction of sp³-hybridized carbons (Fsp3) is 0.312. The third-order valence-corrected chi connectivity index (χ3v) is 6.63. The molecule has 0 aliphatic carbocycles. The number of hydrogen-bond donors (Lipinski definition) is 7. The monoisotopic (exact) mass is 604 g/mol. The molecule has 0 radical (unpaired) electrons. The van der Waals surface area contributed by atoms with Gasteiger partial charge in [-0.05, 0) is 111 Å². The molecule has 0 saturated heterocycles. The number of carbonyl (C=O) groups excluding carboxylic acids is 4. The Bertz CT molecular complexity index is 1290. The van der Waals surface area contributed by atoms with E-state index < -0.39 is 5.91 Å². The normalized spacial score (nSPS) is 10.5. The summed E-state index contributed by atoms with van der Waals surface area (Å²) in [5.74, 6) is -0.973. The Morgan fingerprint density at radius 2 is 0.977 bits per heavy atom. The van der Waals surface area contributed by atoms with Gasteiger partial charge in [0.15, 0.2) is 0 Å². The maximum Gasteiger partial charge on any atom is 0.319 e. The minimum Gasteiger partial charge on any atom is -0.396 e. The molecule has 0 spiro atoms. The lowest BCUT2D eigenvalue weighted by Crippen LogP contribution is -2.30. The fourth-order valence-corrected chi connectivity index (χ4v) is 4.26. The summed E-state index contributed by atoms with van der Waals surface area (Å²) in [5.41, 5.74) is 8.04. The van der Waals surface area contributed by atoms with Gasteiger partial charge in [0.05, 0.1) is 0 Å². The number of aliphatic hydroxyl groups excluding tert-OH is 2. The van der Waals surface area contributed by atoms with Gasteiger partial charge in [0.1, 0.15) is 0 Å². The van der Waals surface area contributed by atoms with Crippen LogP contribution in [-0.4, -0.2) is 60.4 Å². The number of carbonyl (C=O) groups is 4. The Hall–Kier alpha value is -4.94. The molecule has 3 aromatic rings. The van der Waals surface area contributed by atoms with Gasteiger partial charge in [0, 0.05) is 60.2 Å². The molecule has 12 nitrogen and oxygen atoms in total. The van der Waals surface area contributed by atoms with Crippen LogP contribution in [0.4, 0.5) is 32.3 Å². The molecule has 3 aromatic carbocycles. The molecular weight excluding hydrogens is 564 g/mol. The molecule has 3 rings (SSSR count). The second kappa shape index (κ2) is 17.9. The second-order valence-electron chi connectivity index (χ2n) is 10.0. The maximum atomic E-state index is 13.8. The van der Waals surface area contributed by atoms with E-state index in [4.69, 9.17) is 15.9 Å². The zero-order valence-electron chi connectivity index (χ0n) is 24.6. The third kappa shape index (κ3) is 10.7. The van der Waals surface area contributed by atoms with Crippen molar-refractivity contribution in [2.75, 3.05) is 41.8 Å². The number of nitrogens with two attached hydrogens (primary N) is 1. The highest BCUT2D eigenvalue weighted by atomic mass is 16.3. The summed E-state index contributed by atoms with van der Waals surface area (Å²) in [6, 6.07) is 18.8. The summed E-state index contributed by atoms with van der Waals surface area (Å²) in [6.45, 7) is 1.22. The molecule has 0 aromatic heterocycles. The van der Waals surface area contributed by atoms with Gasteiger partial charge in [0.25, 0.3) is 5.91 Å². The number of aliphatic hydroxyl groups is 2. The van der Waals surface area contributed by atoms with Crippen molar-refractivity contribution in [3.05, 3.63) is 83.9 Å². The predicted octanol–water partition coefficient (Wildman–Crippen LogP) is 4.33. The van der Waals surface area contributed by atoms with E-state index in [9.17, 15) is 19.2 Å². The van der Waals surface area contributed by atoms with Gasteiger partial charge in [-0.2, -0.15) is 0 Å². The predicted molar refractivity (Wildman–Crippen MR) is 170 cm³/mol. The van der Waals surface area contributed by atoms with E-state index >= 15 is 0 Å². The van der Waals surface area contributed by atoms with E-state index in [0.717, 1.165) is 25.7 Å².